The van der Waals surface area contributed by atoms with Gasteiger partial charge in [0.2, 0.25) is 0 Å². The molecule has 4 rings (SSSR count). The zero-order valence-corrected chi connectivity index (χ0v) is 14.2. The summed E-state index contributed by atoms with van der Waals surface area (Å²) < 4.78 is 53.2. The van der Waals surface area contributed by atoms with Gasteiger partial charge in [0.25, 0.3) is 5.82 Å². The first-order valence-corrected chi connectivity index (χ1v) is 8.73. The summed E-state index contributed by atoms with van der Waals surface area (Å²) in [7, 11) is 0. The minimum Gasteiger partial charge on any atom is -0.362 e. The van der Waals surface area contributed by atoms with E-state index in [1.54, 1.807) is 18.2 Å². The Morgan fingerprint density at radius 1 is 1.00 bits per heavy atom. The van der Waals surface area contributed by atoms with Gasteiger partial charge in [0, 0.05) is 0 Å². The Kier molecular flexibility index (Phi) is 4.45. The molecule has 1 saturated carbocycles. The summed E-state index contributed by atoms with van der Waals surface area (Å²) in [4.78, 5) is 0. The van der Waals surface area contributed by atoms with Gasteiger partial charge in [0.05, 0.1) is 6.04 Å². The molecule has 2 heterocycles. The standard InChI is InChI=1S/C18H17F4N5/c19-13-7-5-12(6-8-13)16(11-3-1-2-4-11)23-14-9-10-15-24-25-17(18(20,21)22)27(15)26-14/h5-11,16H,1-4H2,(H,23,26). The average molecular weight is 379 g/mol. The maximum absolute atomic E-state index is 13.3. The van der Waals surface area contributed by atoms with Crippen LogP contribution >= 0.6 is 0 Å². The number of hydrogen-bond donors (Lipinski definition) is 1. The minimum atomic E-state index is -4.65. The number of nitrogens with one attached hydrogen (secondary N) is 1. The lowest BCUT2D eigenvalue weighted by Crippen LogP contribution is -2.21. The molecule has 142 valence electrons. The quantitative estimate of drug-likeness (QED) is 0.672. The van der Waals surface area contributed by atoms with Gasteiger partial charge >= 0.3 is 6.18 Å². The zero-order valence-electron chi connectivity index (χ0n) is 14.2. The zero-order chi connectivity index (χ0) is 19.0. The van der Waals surface area contributed by atoms with Crippen molar-refractivity contribution in [1.82, 2.24) is 19.8 Å². The minimum absolute atomic E-state index is 0.0204. The molecular weight excluding hydrogens is 362 g/mol. The second-order valence-electron chi connectivity index (χ2n) is 6.73. The normalized spacial score (nSPS) is 16.7. The van der Waals surface area contributed by atoms with Crippen LogP contribution in [0.4, 0.5) is 23.4 Å². The van der Waals surface area contributed by atoms with Crippen molar-refractivity contribution in [3.63, 3.8) is 0 Å². The van der Waals surface area contributed by atoms with Crippen LogP contribution in [0.3, 0.4) is 0 Å². The molecule has 27 heavy (non-hydrogen) atoms. The van der Waals surface area contributed by atoms with Crippen molar-refractivity contribution >= 4 is 11.5 Å². The van der Waals surface area contributed by atoms with E-state index in [-0.39, 0.29) is 23.3 Å². The van der Waals surface area contributed by atoms with E-state index in [0.29, 0.717) is 10.4 Å². The number of rotatable bonds is 4. The van der Waals surface area contributed by atoms with E-state index in [4.69, 9.17) is 0 Å². The molecule has 9 heteroatoms. The third-order valence-corrected chi connectivity index (χ3v) is 4.92. The van der Waals surface area contributed by atoms with Crippen molar-refractivity contribution < 1.29 is 17.6 Å². The molecule has 3 aromatic rings. The summed E-state index contributed by atoms with van der Waals surface area (Å²) in [6.07, 6.45) is -0.456. The van der Waals surface area contributed by atoms with Crippen LogP contribution in [0.25, 0.3) is 5.65 Å². The molecule has 0 spiro atoms. The van der Waals surface area contributed by atoms with Crippen LogP contribution in [0.2, 0.25) is 0 Å². The van der Waals surface area contributed by atoms with Crippen molar-refractivity contribution in [2.24, 2.45) is 5.92 Å². The van der Waals surface area contributed by atoms with Gasteiger partial charge in [0.15, 0.2) is 5.65 Å². The van der Waals surface area contributed by atoms with Crippen LogP contribution in [0, 0.1) is 11.7 Å². The second-order valence-corrected chi connectivity index (χ2v) is 6.73. The number of halogens is 4. The van der Waals surface area contributed by atoms with Crippen molar-refractivity contribution in [3.05, 3.63) is 53.6 Å². The smallest absolute Gasteiger partial charge is 0.362 e. The molecule has 1 aliphatic carbocycles. The molecular formula is C18H17F4N5. The fourth-order valence-electron chi connectivity index (χ4n) is 3.64. The van der Waals surface area contributed by atoms with E-state index in [2.05, 4.69) is 20.6 Å². The van der Waals surface area contributed by atoms with Gasteiger partial charge in [-0.2, -0.15) is 17.7 Å². The summed E-state index contributed by atoms with van der Waals surface area (Å²) in [5.41, 5.74) is 0.900. The molecule has 0 amide bonds. The second kappa shape index (κ2) is 6.79. The molecule has 5 nitrogen and oxygen atoms in total. The number of aromatic nitrogens is 4. The number of hydrogen-bond acceptors (Lipinski definition) is 4. The van der Waals surface area contributed by atoms with Crippen molar-refractivity contribution in [1.29, 1.82) is 0 Å². The first-order valence-electron chi connectivity index (χ1n) is 8.73. The topological polar surface area (TPSA) is 55.1 Å². The van der Waals surface area contributed by atoms with Gasteiger partial charge in [-0.05, 0) is 48.6 Å². The van der Waals surface area contributed by atoms with E-state index in [1.807, 2.05) is 0 Å². The molecule has 1 fully saturated rings. The van der Waals surface area contributed by atoms with E-state index >= 15 is 0 Å². The van der Waals surface area contributed by atoms with E-state index < -0.39 is 12.0 Å². The fourth-order valence-corrected chi connectivity index (χ4v) is 3.64. The van der Waals surface area contributed by atoms with Gasteiger partial charge in [-0.15, -0.1) is 15.3 Å². The first-order chi connectivity index (χ1) is 12.9. The molecule has 1 aromatic carbocycles. The fraction of sp³-hybridized carbons (Fsp3) is 0.389. The molecule has 1 N–H and O–H groups in total. The molecule has 0 bridgehead atoms. The highest BCUT2D eigenvalue weighted by Crippen LogP contribution is 2.38. The molecule has 1 atom stereocenters. The molecule has 1 unspecified atom stereocenters. The molecule has 0 aliphatic heterocycles. The highest BCUT2D eigenvalue weighted by atomic mass is 19.4. The maximum atomic E-state index is 13.3. The third-order valence-electron chi connectivity index (χ3n) is 4.92. The van der Waals surface area contributed by atoms with Crippen LogP contribution in [-0.4, -0.2) is 19.8 Å². The SMILES string of the molecule is Fc1ccc(C(Nc2ccc3nnc(C(F)(F)F)n3n2)C2CCCC2)cc1. The predicted octanol–water partition coefficient (Wildman–Crippen LogP) is 4.63. The van der Waals surface area contributed by atoms with Gasteiger partial charge < -0.3 is 5.32 Å². The van der Waals surface area contributed by atoms with E-state index in [1.165, 1.54) is 18.2 Å². The van der Waals surface area contributed by atoms with Crippen LogP contribution in [0.15, 0.2) is 36.4 Å². The summed E-state index contributed by atoms with van der Waals surface area (Å²) in [5, 5.41) is 14.0. The molecule has 0 radical (unpaired) electrons. The highest BCUT2D eigenvalue weighted by molar-refractivity contribution is 5.46. The van der Waals surface area contributed by atoms with Crippen LogP contribution in [0.1, 0.15) is 43.1 Å². The predicted molar refractivity (Wildman–Crippen MR) is 90.5 cm³/mol. The lowest BCUT2D eigenvalue weighted by molar-refractivity contribution is -0.146. The Morgan fingerprint density at radius 2 is 1.70 bits per heavy atom. The van der Waals surface area contributed by atoms with Gasteiger partial charge in [-0.3, -0.25) is 0 Å². The molecule has 1 aliphatic rings. The molecule has 0 saturated heterocycles. The van der Waals surface area contributed by atoms with Crippen LogP contribution < -0.4 is 5.32 Å². The third kappa shape index (κ3) is 3.58. The summed E-state index contributed by atoms with van der Waals surface area (Å²) >= 11 is 0. The lowest BCUT2D eigenvalue weighted by atomic mass is 9.91. The maximum Gasteiger partial charge on any atom is 0.453 e. The van der Waals surface area contributed by atoms with Gasteiger partial charge in [-0.25, -0.2) is 4.39 Å². The average Bonchev–Trinajstić information content (AvgIpc) is 3.29. The largest absolute Gasteiger partial charge is 0.453 e. The Hall–Kier alpha value is -2.71. The number of fused-ring (bicyclic) bond motifs is 1. The number of nitrogens with zero attached hydrogens (tertiary/aromatic N) is 4. The Labute approximate surface area is 152 Å². The van der Waals surface area contributed by atoms with Gasteiger partial charge in [-0.1, -0.05) is 25.0 Å². The summed E-state index contributed by atoms with van der Waals surface area (Å²) in [6.45, 7) is 0. The van der Waals surface area contributed by atoms with Crippen LogP contribution in [0.5, 0.6) is 0 Å². The monoisotopic (exact) mass is 379 g/mol. The number of alkyl halides is 3. The van der Waals surface area contributed by atoms with Crippen LogP contribution in [-0.2, 0) is 6.18 Å². The summed E-state index contributed by atoms with van der Waals surface area (Å²) in [5.74, 6) is -0.909. The van der Waals surface area contributed by atoms with Crippen molar-refractivity contribution in [3.8, 4) is 0 Å². The number of benzene rings is 1. The van der Waals surface area contributed by atoms with E-state index in [9.17, 15) is 17.6 Å². The first kappa shape index (κ1) is 17.7. The Bertz CT molecular complexity index is 929. The van der Waals surface area contributed by atoms with Crippen molar-refractivity contribution in [2.75, 3.05) is 5.32 Å². The van der Waals surface area contributed by atoms with E-state index in [0.717, 1.165) is 31.2 Å². The number of anilines is 1. The lowest BCUT2D eigenvalue weighted by Gasteiger charge is -2.25. The highest BCUT2D eigenvalue weighted by Gasteiger charge is 2.37. The molecule has 2 aromatic heterocycles. The van der Waals surface area contributed by atoms with Gasteiger partial charge in [0.1, 0.15) is 11.6 Å². The Balaban J connectivity index is 1.69. The Morgan fingerprint density at radius 3 is 2.37 bits per heavy atom. The summed E-state index contributed by atoms with van der Waals surface area (Å²) in [6, 6.07) is 9.02. The van der Waals surface area contributed by atoms with Crippen molar-refractivity contribution in [2.45, 2.75) is 37.9 Å².